The highest BCUT2D eigenvalue weighted by Gasteiger charge is 2.39. The number of ether oxygens (including phenoxy) is 1. The van der Waals surface area contributed by atoms with Crippen molar-refractivity contribution in [1.29, 1.82) is 0 Å². The Morgan fingerprint density at radius 1 is 1.38 bits per heavy atom. The summed E-state index contributed by atoms with van der Waals surface area (Å²) in [6.07, 6.45) is 5.15. The monoisotopic (exact) mass is 337 g/mol. The molecule has 0 bridgehead atoms. The molecule has 1 N–H and O–H groups in total. The predicted octanol–water partition coefficient (Wildman–Crippen LogP) is 1.36. The summed E-state index contributed by atoms with van der Waals surface area (Å²) < 4.78 is 10.4. The van der Waals surface area contributed by atoms with Crippen molar-refractivity contribution in [3.63, 3.8) is 0 Å². The number of carboxylic acids is 1. The third-order valence-corrected chi connectivity index (χ3v) is 4.96. The second-order valence-corrected chi connectivity index (χ2v) is 6.52. The summed E-state index contributed by atoms with van der Waals surface area (Å²) in [5.74, 6) is 0.334. The molecule has 3 rings (SSSR count). The van der Waals surface area contributed by atoms with Crippen LogP contribution in [0.4, 0.5) is 0 Å². The highest BCUT2D eigenvalue weighted by molar-refractivity contribution is 5.84. The Balaban J connectivity index is 1.55. The maximum Gasteiger partial charge on any atom is 0.326 e. The third kappa shape index (κ3) is 3.58. The average molecular weight is 337 g/mol. The Morgan fingerprint density at radius 3 is 2.79 bits per heavy atom. The van der Waals surface area contributed by atoms with Gasteiger partial charge in [0.15, 0.2) is 5.82 Å². The van der Waals surface area contributed by atoms with Gasteiger partial charge in [0, 0.05) is 38.8 Å². The second kappa shape index (κ2) is 7.29. The summed E-state index contributed by atoms with van der Waals surface area (Å²) in [5, 5.41) is 13.3. The van der Waals surface area contributed by atoms with Gasteiger partial charge in [0.05, 0.1) is 6.10 Å². The molecule has 2 fully saturated rings. The maximum atomic E-state index is 12.4. The van der Waals surface area contributed by atoms with Crippen molar-refractivity contribution in [3.8, 4) is 0 Å². The number of carbonyl (C=O) groups excluding carboxylic acids is 1. The number of hydrogen-bond acceptors (Lipinski definition) is 6. The lowest BCUT2D eigenvalue weighted by molar-refractivity contribution is -0.148. The molecule has 24 heavy (non-hydrogen) atoms. The topological polar surface area (TPSA) is 106 Å². The smallest absolute Gasteiger partial charge is 0.326 e. The van der Waals surface area contributed by atoms with E-state index in [1.165, 1.54) is 24.9 Å². The Bertz CT molecular complexity index is 596. The summed E-state index contributed by atoms with van der Waals surface area (Å²) in [4.78, 5) is 29.5. The van der Waals surface area contributed by atoms with Crippen LogP contribution in [0.2, 0.25) is 0 Å². The lowest BCUT2D eigenvalue weighted by Gasteiger charge is -2.20. The van der Waals surface area contributed by atoms with Gasteiger partial charge in [0.2, 0.25) is 11.8 Å². The van der Waals surface area contributed by atoms with Gasteiger partial charge in [-0.2, -0.15) is 4.98 Å². The molecule has 1 aromatic rings. The minimum atomic E-state index is -0.996. The molecule has 1 amide bonds. The van der Waals surface area contributed by atoms with Crippen LogP contribution in [-0.4, -0.2) is 57.8 Å². The van der Waals surface area contributed by atoms with E-state index >= 15 is 0 Å². The number of rotatable bonds is 6. The highest BCUT2D eigenvalue weighted by atomic mass is 16.5. The van der Waals surface area contributed by atoms with E-state index in [1.54, 1.807) is 0 Å². The van der Waals surface area contributed by atoms with E-state index in [0.29, 0.717) is 31.2 Å². The van der Waals surface area contributed by atoms with Gasteiger partial charge in [-0.1, -0.05) is 18.0 Å². The van der Waals surface area contributed by atoms with Crippen LogP contribution >= 0.6 is 0 Å². The van der Waals surface area contributed by atoms with Crippen LogP contribution in [0.5, 0.6) is 0 Å². The molecule has 0 spiro atoms. The quantitative estimate of drug-likeness (QED) is 0.835. The van der Waals surface area contributed by atoms with Crippen molar-refractivity contribution >= 4 is 11.9 Å². The van der Waals surface area contributed by atoms with Crippen molar-refractivity contribution in [2.75, 3.05) is 13.7 Å². The molecule has 0 radical (unpaired) electrons. The average Bonchev–Trinajstić information content (AvgIpc) is 3.31. The molecule has 2 heterocycles. The first kappa shape index (κ1) is 16.9. The molecule has 2 atom stereocenters. The van der Waals surface area contributed by atoms with Crippen LogP contribution in [0.15, 0.2) is 4.52 Å². The van der Waals surface area contributed by atoms with Gasteiger partial charge in [0.1, 0.15) is 6.04 Å². The number of aliphatic carboxylic acids is 1. The summed E-state index contributed by atoms with van der Waals surface area (Å²) in [7, 11) is 1.53. The molecule has 1 saturated heterocycles. The standard InChI is InChI=1S/C16H23N3O5/c1-23-11-8-12(16(21)22)19(9-11)14(20)7-6-13-17-15(18-24-13)10-4-2-3-5-10/h10-12H,2-9H2,1H3,(H,21,22). The van der Waals surface area contributed by atoms with Gasteiger partial charge in [-0.05, 0) is 12.8 Å². The van der Waals surface area contributed by atoms with Crippen LogP contribution in [0.25, 0.3) is 0 Å². The fourth-order valence-corrected chi connectivity index (χ4v) is 3.55. The zero-order chi connectivity index (χ0) is 17.1. The first-order valence-corrected chi connectivity index (χ1v) is 8.46. The molecular weight excluding hydrogens is 314 g/mol. The first-order valence-electron chi connectivity index (χ1n) is 8.46. The van der Waals surface area contributed by atoms with Crippen LogP contribution in [0.3, 0.4) is 0 Å². The SMILES string of the molecule is COC1CC(C(=O)O)N(C(=O)CCc2nc(C3CCCC3)no2)C1. The molecule has 8 heteroatoms. The van der Waals surface area contributed by atoms with E-state index < -0.39 is 12.0 Å². The molecule has 8 nitrogen and oxygen atoms in total. The molecule has 2 unspecified atom stereocenters. The zero-order valence-corrected chi connectivity index (χ0v) is 13.8. The number of hydrogen-bond donors (Lipinski definition) is 1. The third-order valence-electron chi connectivity index (χ3n) is 4.96. The molecule has 1 aliphatic heterocycles. The van der Waals surface area contributed by atoms with Gasteiger partial charge in [-0.25, -0.2) is 4.79 Å². The van der Waals surface area contributed by atoms with Crippen molar-refractivity contribution in [1.82, 2.24) is 15.0 Å². The molecule has 0 aromatic carbocycles. The predicted molar refractivity (Wildman–Crippen MR) is 82.4 cm³/mol. The molecule has 1 saturated carbocycles. The lowest BCUT2D eigenvalue weighted by atomic mass is 10.1. The van der Waals surface area contributed by atoms with Gasteiger partial charge >= 0.3 is 5.97 Å². The van der Waals surface area contributed by atoms with E-state index in [1.807, 2.05) is 0 Å². The summed E-state index contributed by atoms with van der Waals surface area (Å²) in [6, 6.07) is -0.820. The van der Waals surface area contributed by atoms with Crippen LogP contribution in [0.1, 0.15) is 56.2 Å². The maximum absolute atomic E-state index is 12.4. The lowest BCUT2D eigenvalue weighted by Crippen LogP contribution is -2.40. The normalized spacial score (nSPS) is 24.6. The van der Waals surface area contributed by atoms with E-state index in [4.69, 9.17) is 9.26 Å². The highest BCUT2D eigenvalue weighted by Crippen LogP contribution is 2.32. The molecule has 2 aliphatic rings. The van der Waals surface area contributed by atoms with Gasteiger partial charge < -0.3 is 19.3 Å². The van der Waals surface area contributed by atoms with E-state index in [-0.39, 0.29) is 18.4 Å². The molecule has 1 aliphatic carbocycles. The minimum absolute atomic E-state index is 0.159. The van der Waals surface area contributed by atoms with E-state index in [0.717, 1.165) is 18.7 Å². The number of carbonyl (C=O) groups is 2. The van der Waals surface area contributed by atoms with Gasteiger partial charge in [0.25, 0.3) is 0 Å². The van der Waals surface area contributed by atoms with E-state index in [9.17, 15) is 14.7 Å². The Morgan fingerprint density at radius 2 is 2.12 bits per heavy atom. The van der Waals surface area contributed by atoms with E-state index in [2.05, 4.69) is 10.1 Å². The minimum Gasteiger partial charge on any atom is -0.480 e. The van der Waals surface area contributed by atoms with Gasteiger partial charge in [-0.15, -0.1) is 0 Å². The second-order valence-electron chi connectivity index (χ2n) is 6.52. The summed E-state index contributed by atoms with van der Waals surface area (Å²) in [6.45, 7) is 0.309. The number of amides is 1. The number of nitrogens with zero attached hydrogens (tertiary/aromatic N) is 3. The number of carboxylic acid groups (broad SMARTS) is 1. The summed E-state index contributed by atoms with van der Waals surface area (Å²) in [5.41, 5.74) is 0. The molecule has 132 valence electrons. The number of methoxy groups -OCH3 is 1. The number of aromatic nitrogens is 2. The largest absolute Gasteiger partial charge is 0.480 e. The van der Waals surface area contributed by atoms with Crippen LogP contribution in [0, 0.1) is 0 Å². The van der Waals surface area contributed by atoms with Crippen LogP contribution < -0.4 is 0 Å². The van der Waals surface area contributed by atoms with Crippen molar-refractivity contribution in [3.05, 3.63) is 11.7 Å². The summed E-state index contributed by atoms with van der Waals surface area (Å²) >= 11 is 0. The Kier molecular flexibility index (Phi) is 5.13. The zero-order valence-electron chi connectivity index (χ0n) is 13.8. The van der Waals surface area contributed by atoms with Gasteiger partial charge in [-0.3, -0.25) is 4.79 Å². The fraction of sp³-hybridized carbons (Fsp3) is 0.750. The van der Waals surface area contributed by atoms with Crippen molar-refractivity contribution in [2.24, 2.45) is 0 Å². The first-order chi connectivity index (χ1) is 11.6. The van der Waals surface area contributed by atoms with Crippen LogP contribution in [-0.2, 0) is 20.7 Å². The van der Waals surface area contributed by atoms with Crippen molar-refractivity contribution < 1.29 is 24.0 Å². The Hall–Kier alpha value is -1.96. The molecule has 1 aromatic heterocycles. The number of likely N-dealkylation sites (tertiary alicyclic amines) is 1. The fourth-order valence-electron chi connectivity index (χ4n) is 3.55. The molecular formula is C16H23N3O5. The van der Waals surface area contributed by atoms with Crippen molar-refractivity contribution in [2.45, 2.75) is 63.0 Å². The number of aryl methyl sites for hydroxylation is 1. The Labute approximate surface area is 140 Å².